The van der Waals surface area contributed by atoms with Gasteiger partial charge in [-0.1, -0.05) is 36.4 Å². The van der Waals surface area contributed by atoms with Crippen LogP contribution in [0.25, 0.3) is 10.8 Å². The minimum atomic E-state index is -0.0785. The van der Waals surface area contributed by atoms with Gasteiger partial charge in [0.1, 0.15) is 0 Å². The maximum absolute atomic E-state index is 6.68. The van der Waals surface area contributed by atoms with Gasteiger partial charge in [0.25, 0.3) is 0 Å². The third-order valence-electron chi connectivity index (χ3n) is 3.33. The third-order valence-corrected chi connectivity index (χ3v) is 5.62. The Labute approximate surface area is 135 Å². The van der Waals surface area contributed by atoms with E-state index in [4.69, 9.17) is 11.6 Å². The van der Waals surface area contributed by atoms with Gasteiger partial charge >= 0.3 is 0 Å². The van der Waals surface area contributed by atoms with Crippen molar-refractivity contribution in [2.24, 2.45) is 0 Å². The molecule has 0 N–H and O–H groups in total. The number of rotatable bonds is 2. The van der Waals surface area contributed by atoms with E-state index in [9.17, 15) is 0 Å². The zero-order valence-electron chi connectivity index (χ0n) is 10.4. The molecular formula is C16H12ClIS. The van der Waals surface area contributed by atoms with Crippen LogP contribution in [-0.2, 0) is 0 Å². The van der Waals surface area contributed by atoms with Crippen LogP contribution < -0.4 is 0 Å². The molecule has 0 bridgehead atoms. The standard InChI is InChI=1S/C16H12ClIS/c1-10-6-7-14(13-5-3-2-4-12(10)13)16(17)11-8-15(18)19-9-11/h2-9,16H,1H3. The maximum atomic E-state index is 6.68. The van der Waals surface area contributed by atoms with Crippen LogP contribution in [0.2, 0.25) is 0 Å². The summed E-state index contributed by atoms with van der Waals surface area (Å²) in [6.07, 6.45) is 0. The smallest absolute Gasteiger partial charge is 0.0849 e. The van der Waals surface area contributed by atoms with E-state index in [0.29, 0.717) is 0 Å². The van der Waals surface area contributed by atoms with Gasteiger partial charge in [0.2, 0.25) is 0 Å². The minimum absolute atomic E-state index is 0.0785. The molecule has 0 amide bonds. The van der Waals surface area contributed by atoms with Gasteiger partial charge in [-0.25, -0.2) is 0 Å². The zero-order valence-corrected chi connectivity index (χ0v) is 14.1. The molecule has 0 saturated heterocycles. The Morgan fingerprint density at radius 3 is 2.53 bits per heavy atom. The first-order chi connectivity index (χ1) is 9.16. The summed E-state index contributed by atoms with van der Waals surface area (Å²) >= 11 is 10.8. The molecular weight excluding hydrogens is 387 g/mol. The lowest BCUT2D eigenvalue weighted by Crippen LogP contribution is -1.94. The molecule has 96 valence electrons. The highest BCUT2D eigenvalue weighted by molar-refractivity contribution is 14.1. The molecule has 0 nitrogen and oxygen atoms in total. The van der Waals surface area contributed by atoms with Gasteiger partial charge in [0.15, 0.2) is 0 Å². The second kappa shape index (κ2) is 5.43. The molecule has 1 atom stereocenters. The summed E-state index contributed by atoms with van der Waals surface area (Å²) in [7, 11) is 0. The van der Waals surface area contributed by atoms with Crippen LogP contribution in [0.5, 0.6) is 0 Å². The van der Waals surface area contributed by atoms with Crippen LogP contribution in [0.1, 0.15) is 22.1 Å². The summed E-state index contributed by atoms with van der Waals surface area (Å²) in [5, 5.41) is 4.61. The predicted octanol–water partition coefficient (Wildman–Crippen LogP) is 6.14. The fraction of sp³-hybridized carbons (Fsp3) is 0.125. The molecule has 1 aromatic heterocycles. The second-order valence-electron chi connectivity index (χ2n) is 4.56. The largest absolute Gasteiger partial charge is 0.137 e. The second-order valence-corrected chi connectivity index (χ2v) is 7.81. The number of alkyl halides is 1. The lowest BCUT2D eigenvalue weighted by Gasteiger charge is -2.13. The highest BCUT2D eigenvalue weighted by atomic mass is 127. The van der Waals surface area contributed by atoms with E-state index in [1.165, 1.54) is 30.3 Å². The fourth-order valence-electron chi connectivity index (χ4n) is 2.33. The minimum Gasteiger partial charge on any atom is -0.137 e. The Morgan fingerprint density at radius 1 is 1.11 bits per heavy atom. The fourth-order valence-corrected chi connectivity index (χ4v) is 4.12. The lowest BCUT2D eigenvalue weighted by atomic mass is 9.96. The Morgan fingerprint density at radius 2 is 1.84 bits per heavy atom. The van der Waals surface area contributed by atoms with E-state index < -0.39 is 0 Å². The summed E-state index contributed by atoms with van der Waals surface area (Å²) in [6, 6.07) is 14.9. The van der Waals surface area contributed by atoms with Gasteiger partial charge in [0, 0.05) is 0 Å². The number of fused-ring (bicyclic) bond motifs is 1. The number of thiophene rings is 1. The van der Waals surface area contributed by atoms with Crippen LogP contribution in [0.4, 0.5) is 0 Å². The van der Waals surface area contributed by atoms with Crippen molar-refractivity contribution in [1.82, 2.24) is 0 Å². The van der Waals surface area contributed by atoms with Gasteiger partial charge < -0.3 is 0 Å². The van der Waals surface area contributed by atoms with Gasteiger partial charge in [0.05, 0.1) is 8.26 Å². The zero-order chi connectivity index (χ0) is 13.4. The van der Waals surface area contributed by atoms with Crippen LogP contribution in [0.3, 0.4) is 0 Å². The molecule has 0 fully saturated rings. The van der Waals surface area contributed by atoms with E-state index in [1.807, 2.05) is 0 Å². The summed E-state index contributed by atoms with van der Waals surface area (Å²) in [5.74, 6) is 0. The van der Waals surface area contributed by atoms with Crippen molar-refractivity contribution in [3.8, 4) is 0 Å². The molecule has 2 aromatic carbocycles. The van der Waals surface area contributed by atoms with Gasteiger partial charge in [-0.2, -0.15) is 0 Å². The van der Waals surface area contributed by atoms with Gasteiger partial charge in [-0.15, -0.1) is 22.9 Å². The van der Waals surface area contributed by atoms with E-state index >= 15 is 0 Å². The number of halogens is 2. The van der Waals surface area contributed by atoms with Crippen molar-refractivity contribution in [3.63, 3.8) is 0 Å². The average Bonchev–Trinajstić information content (AvgIpc) is 2.86. The number of benzene rings is 2. The van der Waals surface area contributed by atoms with E-state index in [-0.39, 0.29) is 5.38 Å². The van der Waals surface area contributed by atoms with Crippen LogP contribution in [0, 0.1) is 9.81 Å². The molecule has 3 heteroatoms. The van der Waals surface area contributed by atoms with E-state index in [1.54, 1.807) is 11.3 Å². The SMILES string of the molecule is Cc1ccc(C(Cl)c2csc(I)c2)c2ccccc12. The normalized spacial score (nSPS) is 12.8. The van der Waals surface area contributed by atoms with Gasteiger partial charge in [-0.05, 0) is 68.4 Å². The monoisotopic (exact) mass is 398 g/mol. The third kappa shape index (κ3) is 2.54. The van der Waals surface area contributed by atoms with E-state index in [0.717, 1.165) is 0 Å². The Bertz CT molecular complexity index is 732. The summed E-state index contributed by atoms with van der Waals surface area (Å²) < 4.78 is 1.27. The summed E-state index contributed by atoms with van der Waals surface area (Å²) in [5.41, 5.74) is 3.67. The molecule has 0 saturated carbocycles. The van der Waals surface area contributed by atoms with Gasteiger partial charge in [-0.3, -0.25) is 0 Å². The number of hydrogen-bond donors (Lipinski definition) is 0. The molecule has 3 aromatic rings. The topological polar surface area (TPSA) is 0 Å². The van der Waals surface area contributed by atoms with Crippen molar-refractivity contribution in [1.29, 1.82) is 0 Å². The predicted molar refractivity (Wildman–Crippen MR) is 93.4 cm³/mol. The lowest BCUT2D eigenvalue weighted by molar-refractivity contribution is 1.17. The first-order valence-electron chi connectivity index (χ1n) is 6.03. The average molecular weight is 399 g/mol. The molecule has 0 radical (unpaired) electrons. The molecule has 19 heavy (non-hydrogen) atoms. The highest BCUT2D eigenvalue weighted by Gasteiger charge is 2.15. The van der Waals surface area contributed by atoms with Crippen molar-refractivity contribution in [3.05, 3.63) is 67.4 Å². The van der Waals surface area contributed by atoms with Crippen molar-refractivity contribution in [2.45, 2.75) is 12.3 Å². The molecule has 1 unspecified atom stereocenters. The van der Waals surface area contributed by atoms with Crippen LogP contribution in [-0.4, -0.2) is 0 Å². The van der Waals surface area contributed by atoms with Crippen molar-refractivity contribution >= 4 is 56.3 Å². The summed E-state index contributed by atoms with van der Waals surface area (Å²) in [4.78, 5) is 0. The molecule has 0 aliphatic carbocycles. The van der Waals surface area contributed by atoms with Crippen LogP contribution in [0.15, 0.2) is 47.8 Å². The number of hydrogen-bond acceptors (Lipinski definition) is 1. The van der Waals surface area contributed by atoms with Crippen molar-refractivity contribution < 1.29 is 0 Å². The molecule has 3 rings (SSSR count). The van der Waals surface area contributed by atoms with Crippen molar-refractivity contribution in [2.75, 3.05) is 0 Å². The first kappa shape index (κ1) is 13.4. The first-order valence-corrected chi connectivity index (χ1v) is 8.42. The Hall–Kier alpha value is -0.580. The summed E-state index contributed by atoms with van der Waals surface area (Å²) in [6.45, 7) is 2.14. The van der Waals surface area contributed by atoms with Crippen LogP contribution >= 0.6 is 45.5 Å². The Kier molecular flexibility index (Phi) is 3.83. The quantitative estimate of drug-likeness (QED) is 0.359. The molecule has 0 aliphatic heterocycles. The molecule has 0 spiro atoms. The number of aryl methyl sites for hydroxylation is 1. The molecule has 0 aliphatic rings. The highest BCUT2D eigenvalue weighted by Crippen LogP contribution is 2.36. The van der Waals surface area contributed by atoms with E-state index in [2.05, 4.69) is 77.4 Å². The maximum Gasteiger partial charge on any atom is 0.0849 e. The Balaban J connectivity index is 2.18. The molecule has 1 heterocycles.